The Bertz CT molecular complexity index is 1130. The van der Waals surface area contributed by atoms with Gasteiger partial charge in [-0.1, -0.05) is 11.6 Å². The van der Waals surface area contributed by atoms with Crippen molar-refractivity contribution in [1.82, 2.24) is 19.5 Å². The quantitative estimate of drug-likeness (QED) is 0.571. The number of carbonyl (C=O) groups is 2. The lowest BCUT2D eigenvalue weighted by Gasteiger charge is -2.28. The molecule has 0 saturated heterocycles. The number of hydrogen-bond donors (Lipinski definition) is 1. The van der Waals surface area contributed by atoms with Crippen molar-refractivity contribution in [3.05, 3.63) is 27.9 Å². The van der Waals surface area contributed by atoms with Crippen molar-refractivity contribution in [2.75, 3.05) is 4.90 Å². The van der Waals surface area contributed by atoms with Gasteiger partial charge in [0.15, 0.2) is 11.5 Å². The Morgan fingerprint density at radius 1 is 1.12 bits per heavy atom. The second-order valence-electron chi connectivity index (χ2n) is 8.80. The van der Waals surface area contributed by atoms with Crippen LogP contribution in [-0.4, -0.2) is 48.0 Å². The van der Waals surface area contributed by atoms with Gasteiger partial charge in [0, 0.05) is 11.6 Å². The van der Waals surface area contributed by atoms with E-state index in [4.69, 9.17) is 21.1 Å². The van der Waals surface area contributed by atoms with Crippen LogP contribution in [0.4, 0.5) is 15.4 Å². The Balaban J connectivity index is 2.17. The second kappa shape index (κ2) is 8.64. The molecule has 3 aromatic heterocycles. The van der Waals surface area contributed by atoms with Gasteiger partial charge in [-0.05, 0) is 41.5 Å². The molecule has 3 aromatic rings. The van der Waals surface area contributed by atoms with Gasteiger partial charge in [-0.15, -0.1) is 11.3 Å². The fraction of sp³-hybridized carbons (Fsp3) is 0.450. The highest BCUT2D eigenvalue weighted by Crippen LogP contribution is 2.35. The van der Waals surface area contributed by atoms with Gasteiger partial charge in [0.05, 0.1) is 17.0 Å². The standard InChI is InChI=1S/C20H24ClN5O5S/c1-19(2,3)30-17(28)26(18(29)31-20(4,5)6)16-14-11(21)7-25(15(14)22-10-23-16)12-9-32-13(8-27)24-12/h7,9-10,27H,8H2,1-6H3. The molecule has 0 fully saturated rings. The summed E-state index contributed by atoms with van der Waals surface area (Å²) in [7, 11) is 0. The summed E-state index contributed by atoms with van der Waals surface area (Å²) in [5.74, 6) is 0.390. The average Bonchev–Trinajstić information content (AvgIpc) is 3.24. The highest BCUT2D eigenvalue weighted by atomic mass is 35.5. The largest absolute Gasteiger partial charge is 0.443 e. The van der Waals surface area contributed by atoms with E-state index in [0.29, 0.717) is 21.4 Å². The van der Waals surface area contributed by atoms with E-state index in [2.05, 4.69) is 15.0 Å². The Hall–Kier alpha value is -2.76. The van der Waals surface area contributed by atoms with Crippen molar-refractivity contribution >= 4 is 52.0 Å². The molecule has 10 nitrogen and oxygen atoms in total. The Morgan fingerprint density at radius 3 is 2.22 bits per heavy atom. The Kier molecular flexibility index (Phi) is 6.45. The molecule has 12 heteroatoms. The maximum atomic E-state index is 13.0. The number of thiazole rings is 1. The van der Waals surface area contributed by atoms with Crippen molar-refractivity contribution in [3.63, 3.8) is 0 Å². The summed E-state index contributed by atoms with van der Waals surface area (Å²) in [6.45, 7) is 9.87. The van der Waals surface area contributed by atoms with Crippen LogP contribution in [-0.2, 0) is 16.1 Å². The zero-order valence-electron chi connectivity index (χ0n) is 18.5. The van der Waals surface area contributed by atoms with Gasteiger partial charge in [0.1, 0.15) is 28.4 Å². The summed E-state index contributed by atoms with van der Waals surface area (Å²) < 4.78 is 12.4. The molecule has 0 saturated carbocycles. The SMILES string of the molecule is CC(C)(C)OC(=O)N(C(=O)OC(C)(C)C)c1ncnc2c1c(Cl)cn2-c1csc(CO)n1. The first kappa shape index (κ1) is 23.9. The molecule has 3 heterocycles. The number of anilines is 1. The molecule has 0 bridgehead atoms. The fourth-order valence-corrected chi connectivity index (χ4v) is 3.59. The van der Waals surface area contributed by atoms with Crippen LogP contribution in [0.1, 0.15) is 46.6 Å². The topological polar surface area (TPSA) is 120 Å². The molecular weight excluding hydrogens is 458 g/mol. The van der Waals surface area contributed by atoms with E-state index >= 15 is 0 Å². The minimum absolute atomic E-state index is 0.0835. The first-order valence-electron chi connectivity index (χ1n) is 9.64. The van der Waals surface area contributed by atoms with Gasteiger partial charge in [-0.2, -0.15) is 4.90 Å². The number of ether oxygens (including phenoxy) is 2. The van der Waals surface area contributed by atoms with E-state index in [-0.39, 0.29) is 22.8 Å². The maximum Gasteiger partial charge on any atom is 0.425 e. The molecule has 0 atom stereocenters. The molecule has 0 radical (unpaired) electrons. The third-order valence-electron chi connectivity index (χ3n) is 3.80. The van der Waals surface area contributed by atoms with Crippen molar-refractivity contribution < 1.29 is 24.2 Å². The van der Waals surface area contributed by atoms with Crippen LogP contribution < -0.4 is 4.90 Å². The van der Waals surface area contributed by atoms with Crippen molar-refractivity contribution in [2.24, 2.45) is 0 Å². The van der Waals surface area contributed by atoms with Crippen molar-refractivity contribution in [3.8, 4) is 5.82 Å². The van der Waals surface area contributed by atoms with Crippen LogP contribution in [0.25, 0.3) is 16.9 Å². The van der Waals surface area contributed by atoms with Gasteiger partial charge < -0.3 is 14.6 Å². The van der Waals surface area contributed by atoms with Crippen LogP contribution in [0.15, 0.2) is 17.9 Å². The first-order valence-corrected chi connectivity index (χ1v) is 10.9. The van der Waals surface area contributed by atoms with Gasteiger partial charge in [-0.3, -0.25) is 4.57 Å². The minimum atomic E-state index is -0.966. The van der Waals surface area contributed by atoms with Crippen LogP contribution in [0.5, 0.6) is 0 Å². The molecule has 1 N–H and O–H groups in total. The lowest BCUT2D eigenvalue weighted by Crippen LogP contribution is -2.44. The van der Waals surface area contributed by atoms with Crippen LogP contribution >= 0.6 is 22.9 Å². The van der Waals surface area contributed by atoms with Gasteiger partial charge in [0.2, 0.25) is 0 Å². The molecular formula is C20H24ClN5O5S. The number of imide groups is 1. The number of nitrogens with zero attached hydrogens (tertiary/aromatic N) is 5. The van der Waals surface area contributed by atoms with Crippen molar-refractivity contribution in [2.45, 2.75) is 59.4 Å². The summed E-state index contributed by atoms with van der Waals surface area (Å²) in [5.41, 5.74) is -1.44. The summed E-state index contributed by atoms with van der Waals surface area (Å²) in [4.78, 5) is 39.5. The highest BCUT2D eigenvalue weighted by Gasteiger charge is 2.36. The molecule has 32 heavy (non-hydrogen) atoms. The van der Waals surface area contributed by atoms with Crippen LogP contribution in [0.3, 0.4) is 0 Å². The zero-order valence-corrected chi connectivity index (χ0v) is 20.1. The van der Waals surface area contributed by atoms with Gasteiger partial charge in [-0.25, -0.2) is 24.5 Å². The molecule has 0 aliphatic carbocycles. The molecule has 0 unspecified atom stereocenters. The number of rotatable bonds is 3. The predicted octanol–water partition coefficient (Wildman–Crippen LogP) is 4.70. The second-order valence-corrected chi connectivity index (χ2v) is 10.1. The number of hydrogen-bond acceptors (Lipinski definition) is 9. The normalized spacial score (nSPS) is 12.1. The van der Waals surface area contributed by atoms with Gasteiger partial charge >= 0.3 is 12.2 Å². The number of aliphatic hydroxyl groups excluding tert-OH is 1. The van der Waals surface area contributed by atoms with E-state index in [1.54, 1.807) is 57.7 Å². The third kappa shape index (κ3) is 5.17. The lowest BCUT2D eigenvalue weighted by molar-refractivity contribution is 0.0429. The number of amides is 2. The summed E-state index contributed by atoms with van der Waals surface area (Å²) in [6.07, 6.45) is 0.813. The number of aliphatic hydroxyl groups is 1. The van der Waals surface area contributed by atoms with E-state index < -0.39 is 23.4 Å². The van der Waals surface area contributed by atoms with E-state index in [1.165, 1.54) is 17.7 Å². The monoisotopic (exact) mass is 481 g/mol. The lowest BCUT2D eigenvalue weighted by atomic mass is 10.2. The minimum Gasteiger partial charge on any atom is -0.443 e. The third-order valence-corrected chi connectivity index (χ3v) is 4.91. The molecule has 0 aromatic carbocycles. The molecule has 2 amide bonds. The summed E-state index contributed by atoms with van der Waals surface area (Å²) in [5, 5.41) is 12.0. The Morgan fingerprint density at radius 2 is 1.72 bits per heavy atom. The van der Waals surface area contributed by atoms with Crippen LogP contribution in [0, 0.1) is 0 Å². The molecule has 172 valence electrons. The maximum absolute atomic E-state index is 13.0. The predicted molar refractivity (Wildman–Crippen MR) is 120 cm³/mol. The molecule has 0 spiro atoms. The van der Waals surface area contributed by atoms with E-state index in [0.717, 1.165) is 0 Å². The van der Waals surface area contributed by atoms with Gasteiger partial charge in [0.25, 0.3) is 0 Å². The number of halogens is 1. The van der Waals surface area contributed by atoms with E-state index in [9.17, 15) is 14.7 Å². The molecule has 3 rings (SSSR count). The number of carbonyl (C=O) groups excluding carboxylic acids is 2. The fourth-order valence-electron chi connectivity index (χ4n) is 2.69. The van der Waals surface area contributed by atoms with Crippen molar-refractivity contribution in [1.29, 1.82) is 0 Å². The number of aromatic nitrogens is 4. The average molecular weight is 482 g/mol. The Labute approximate surface area is 193 Å². The van der Waals surface area contributed by atoms with Crippen LogP contribution in [0.2, 0.25) is 5.02 Å². The first-order chi connectivity index (χ1) is 14.8. The molecule has 0 aliphatic rings. The van der Waals surface area contributed by atoms with E-state index in [1.807, 2.05) is 0 Å². The smallest absolute Gasteiger partial charge is 0.425 e. The zero-order chi connectivity index (χ0) is 23.8. The number of fused-ring (bicyclic) bond motifs is 1. The summed E-state index contributed by atoms with van der Waals surface area (Å²) in [6, 6.07) is 0. The summed E-state index contributed by atoms with van der Waals surface area (Å²) >= 11 is 7.76. The highest BCUT2D eigenvalue weighted by molar-refractivity contribution is 7.09. The molecule has 0 aliphatic heterocycles.